The molecule has 0 radical (unpaired) electrons. The molecule has 546 valence electrons. The molecule has 4 saturated carbocycles. The molecule has 0 amide bonds. The van der Waals surface area contributed by atoms with Gasteiger partial charge in [-0.3, -0.25) is 4.79 Å². The van der Waals surface area contributed by atoms with E-state index in [9.17, 15) is 97.0 Å². The van der Waals surface area contributed by atoms with Gasteiger partial charge >= 0.3 is 5.97 Å². The monoisotopic (exact) mass is 1370 g/mol. The zero-order valence-electron chi connectivity index (χ0n) is 54.4. The predicted molar refractivity (Wildman–Crippen MR) is 313 cm³/mol. The molecule has 32 nitrogen and oxygen atoms in total. The Bertz CT molecular complexity index is 2700. The Kier molecular flexibility index (Phi) is 21.3. The van der Waals surface area contributed by atoms with Gasteiger partial charge in [-0.2, -0.15) is 0 Å². The first kappa shape index (κ1) is 74.2. The molecule has 19 N–H and O–H groups in total. The number of hydrogen-bond acceptors (Lipinski definition) is 32. The second-order valence-corrected chi connectivity index (χ2v) is 30.8. The summed E-state index contributed by atoms with van der Waals surface area (Å²) < 4.78 is 72.0. The molecule has 0 aromatic heterocycles. The highest BCUT2D eigenvalue weighted by atomic mass is 16.8. The summed E-state index contributed by atoms with van der Waals surface area (Å²) in [5.41, 5.74) is -6.89. The molecule has 0 aromatic carbocycles. The van der Waals surface area contributed by atoms with Gasteiger partial charge in [-0.05, 0) is 97.7 Å². The summed E-state index contributed by atoms with van der Waals surface area (Å²) in [5, 5.41) is 210. The van der Waals surface area contributed by atoms with Crippen LogP contribution < -0.4 is 0 Å². The molecule has 11 rings (SSSR count). The lowest BCUT2D eigenvalue weighted by atomic mass is 9.33. The van der Waals surface area contributed by atoms with Crippen LogP contribution in [-0.2, 0) is 61.6 Å². The van der Waals surface area contributed by atoms with Crippen molar-refractivity contribution in [3.63, 3.8) is 0 Å². The number of esters is 1. The minimum atomic E-state index is -2.20. The van der Waals surface area contributed by atoms with Gasteiger partial charge in [0.2, 0.25) is 6.29 Å². The number of fused-ring (bicyclic) bond motifs is 7. The molecule has 11 aliphatic rings. The van der Waals surface area contributed by atoms with Gasteiger partial charge < -0.3 is 154 Å². The highest BCUT2D eigenvalue weighted by Crippen LogP contribution is 2.76. The average Bonchev–Trinajstić information content (AvgIpc) is 0.690. The van der Waals surface area contributed by atoms with Crippen molar-refractivity contribution in [2.45, 2.75) is 277 Å². The molecule has 6 saturated heterocycles. The van der Waals surface area contributed by atoms with Crippen molar-refractivity contribution < 1.29 is 159 Å². The Hall–Kier alpha value is -1.99. The topological polar surface area (TPSA) is 512 Å². The lowest BCUT2D eigenvalue weighted by Gasteiger charge is -2.72. The van der Waals surface area contributed by atoms with E-state index in [0.717, 1.165) is 5.57 Å². The fraction of sp³-hybridized carbons (Fsp3) is 0.952. The molecule has 0 unspecified atom stereocenters. The van der Waals surface area contributed by atoms with Crippen LogP contribution in [0.3, 0.4) is 0 Å². The van der Waals surface area contributed by atoms with Crippen molar-refractivity contribution in [2.75, 3.05) is 46.2 Å². The standard InChI is InChI=1S/C63H102O32/c1-24-44(90-50-41(78)35(72)28(69)19-84-50)45(91-55-48(81)62(83,22-67)23-86-55)43(80)52(87-24)92-46-36(73)29(70)20-85-53(46)95-56(82)63-13-12-57(2,3)14-26(63)25-8-9-33-58(4)15-27(68)49(59(5,21-66)32(58)10-11-60(33,6)61(25,7)16-34(63)71)94-54-47(40(77)38(75)31(18-65)89-54)93-51-42(79)39(76)37(74)30(17-64)88-51/h8,24,26-55,64-81,83H,9-23H2,1-7H3/t24-,26-,27-,28+,29-,30+,31+,32+,33+,34+,35-,36-,37+,38+,39-,40-,41+,42+,43+,44-,45-,46+,47+,48-,49-,50-,51-,52-,53-,54-,55-,58-,59-,60+,61+,62+,63+/m0/s1. The number of carbonyl (C=O) groups excluding carboxylic acids is 1. The van der Waals surface area contributed by atoms with Crippen molar-refractivity contribution in [3.05, 3.63) is 11.6 Å². The lowest BCUT2D eigenvalue weighted by molar-refractivity contribution is -0.384. The van der Waals surface area contributed by atoms with Crippen molar-refractivity contribution in [3.8, 4) is 0 Å². The summed E-state index contributed by atoms with van der Waals surface area (Å²) in [5.74, 6) is -2.22. The molecule has 0 bridgehead atoms. The van der Waals surface area contributed by atoms with E-state index in [1.54, 1.807) is 6.92 Å². The maximum Gasteiger partial charge on any atom is 0.317 e. The van der Waals surface area contributed by atoms with E-state index in [2.05, 4.69) is 40.7 Å². The summed E-state index contributed by atoms with van der Waals surface area (Å²) in [6.45, 7) is 8.89. The number of rotatable bonds is 16. The Morgan fingerprint density at radius 3 is 1.75 bits per heavy atom. The van der Waals surface area contributed by atoms with Crippen LogP contribution in [0.15, 0.2) is 11.6 Å². The third-order valence-corrected chi connectivity index (χ3v) is 24.7. The minimum Gasteiger partial charge on any atom is -0.432 e. The third kappa shape index (κ3) is 12.3. The van der Waals surface area contributed by atoms with E-state index in [1.807, 2.05) is 0 Å². The largest absolute Gasteiger partial charge is 0.432 e. The first-order chi connectivity index (χ1) is 44.5. The molecule has 0 aromatic rings. The number of allylic oxidation sites excluding steroid dienone is 2. The normalized spacial score (nSPS) is 55.5. The van der Waals surface area contributed by atoms with E-state index in [-0.39, 0.29) is 30.6 Å². The van der Waals surface area contributed by atoms with Gasteiger partial charge in [-0.15, -0.1) is 0 Å². The van der Waals surface area contributed by atoms with E-state index >= 15 is 4.79 Å². The first-order valence-corrected chi connectivity index (χ1v) is 33.2. The molecule has 5 aliphatic carbocycles. The smallest absolute Gasteiger partial charge is 0.317 e. The second kappa shape index (κ2) is 27.3. The van der Waals surface area contributed by atoms with Crippen LogP contribution in [0.25, 0.3) is 0 Å². The van der Waals surface area contributed by atoms with Gasteiger partial charge in [-0.1, -0.05) is 53.2 Å². The second-order valence-electron chi connectivity index (χ2n) is 30.8. The zero-order chi connectivity index (χ0) is 69.4. The maximum absolute atomic E-state index is 15.7. The van der Waals surface area contributed by atoms with Crippen LogP contribution in [-0.4, -0.2) is 327 Å². The summed E-state index contributed by atoms with van der Waals surface area (Å²) in [6.07, 6.45) is -42.9. The molecule has 37 atom stereocenters. The Morgan fingerprint density at radius 1 is 0.537 bits per heavy atom. The van der Waals surface area contributed by atoms with Crippen LogP contribution in [0.4, 0.5) is 0 Å². The van der Waals surface area contributed by atoms with Gasteiger partial charge in [0.15, 0.2) is 37.6 Å². The molecule has 0 spiro atoms. The number of carbonyl (C=O) groups is 1. The lowest BCUT2D eigenvalue weighted by Crippen LogP contribution is -2.71. The molecule has 6 heterocycles. The van der Waals surface area contributed by atoms with Crippen molar-refractivity contribution in [2.24, 2.45) is 50.2 Å². The minimum absolute atomic E-state index is 0.0498. The van der Waals surface area contributed by atoms with Gasteiger partial charge in [0.25, 0.3) is 0 Å². The van der Waals surface area contributed by atoms with Gasteiger partial charge in [-0.25, -0.2) is 0 Å². The Balaban J connectivity index is 0.849. The first-order valence-electron chi connectivity index (χ1n) is 33.2. The Labute approximate surface area is 548 Å². The fourth-order valence-corrected chi connectivity index (χ4v) is 18.8. The van der Waals surface area contributed by atoms with E-state index in [0.29, 0.717) is 32.1 Å². The zero-order valence-corrected chi connectivity index (χ0v) is 54.4. The molecule has 6 aliphatic heterocycles. The number of hydrogen-bond donors (Lipinski definition) is 19. The molecular weight excluding hydrogens is 1270 g/mol. The van der Waals surface area contributed by atoms with Crippen molar-refractivity contribution in [1.82, 2.24) is 0 Å². The summed E-state index contributed by atoms with van der Waals surface area (Å²) in [6, 6.07) is 0. The molecule has 95 heavy (non-hydrogen) atoms. The summed E-state index contributed by atoms with van der Waals surface area (Å²) in [7, 11) is 0. The van der Waals surface area contributed by atoms with Crippen molar-refractivity contribution in [1.29, 1.82) is 0 Å². The van der Waals surface area contributed by atoms with Crippen LogP contribution in [0.5, 0.6) is 0 Å². The fourth-order valence-electron chi connectivity index (χ4n) is 18.8. The Morgan fingerprint density at radius 2 is 1.12 bits per heavy atom. The van der Waals surface area contributed by atoms with Gasteiger partial charge in [0, 0.05) is 5.41 Å². The van der Waals surface area contributed by atoms with Crippen LogP contribution in [0.1, 0.15) is 99.8 Å². The van der Waals surface area contributed by atoms with Crippen LogP contribution in [0, 0.1) is 50.2 Å². The van der Waals surface area contributed by atoms with Crippen LogP contribution in [0.2, 0.25) is 0 Å². The summed E-state index contributed by atoms with van der Waals surface area (Å²) >= 11 is 0. The average molecular weight is 1370 g/mol. The maximum atomic E-state index is 15.7. The quantitative estimate of drug-likeness (QED) is 0.0388. The highest BCUT2D eigenvalue weighted by Gasteiger charge is 2.74. The molecular formula is C63H102O32. The number of aliphatic hydroxyl groups excluding tert-OH is 18. The summed E-state index contributed by atoms with van der Waals surface area (Å²) in [4.78, 5) is 15.7. The van der Waals surface area contributed by atoms with E-state index < -0.39 is 269 Å². The molecule has 32 heteroatoms. The number of ether oxygens (including phenoxy) is 12. The SMILES string of the molecule is C[C@@H]1O[C@@H](O[C@H]2[C@H](OC(=O)[C@]34CCC(C)(C)C[C@H]3C3=CC[C@@H]5[C@@]6(C)C[C@H](O)[C@H](O[C@@H]7O[C@H](CO)[C@@H](O)[C@H](O)[C@H]7O[C@@H]7O[C@H](CO)[C@@H](O)[C@H](O)[C@H]7O)[C@@](C)(CO)[C@@H]6CC[C@@]5(C)[C@]3(C)C[C@H]4O)OC[C@H](O)[C@@H]2O)[C@H](O)[C@H](O[C@@H]2OC[C@](O)(CO)[C@H]2O)[C@H]1O[C@@H]1OC[C@@H](O)[C@H](O)[C@H]1O. The number of aliphatic hydroxyl groups is 19. The predicted octanol–water partition coefficient (Wildman–Crippen LogP) is -6.53. The van der Waals surface area contributed by atoms with E-state index in [1.165, 1.54) is 6.92 Å². The van der Waals surface area contributed by atoms with Crippen molar-refractivity contribution >= 4 is 5.97 Å². The third-order valence-electron chi connectivity index (χ3n) is 24.7. The highest BCUT2D eigenvalue weighted by molar-refractivity contribution is 5.80. The van der Waals surface area contributed by atoms with Crippen LogP contribution >= 0.6 is 0 Å². The van der Waals surface area contributed by atoms with Gasteiger partial charge in [0.05, 0.1) is 70.7 Å². The molecule has 10 fully saturated rings. The van der Waals surface area contributed by atoms with Gasteiger partial charge in [0.1, 0.15) is 115 Å². The van der Waals surface area contributed by atoms with E-state index in [4.69, 9.17) is 56.8 Å².